The average molecular weight is 1100 g/mol. The molecule has 0 aliphatic carbocycles. The van der Waals surface area contributed by atoms with Crippen LogP contribution in [-0.2, 0) is 14.3 Å². The molecule has 0 aliphatic heterocycles. The maximum atomic E-state index is 12.4. The van der Waals surface area contributed by atoms with E-state index in [9.17, 15) is 19.8 Å². The Bertz CT molecular complexity index is 1220. The van der Waals surface area contributed by atoms with Gasteiger partial charge in [-0.05, 0) is 57.8 Å². The first-order valence-corrected chi connectivity index (χ1v) is 35.6. The molecule has 462 valence electrons. The second-order valence-electron chi connectivity index (χ2n) is 24.6. The largest absolute Gasteiger partial charge is 0.466 e. The highest BCUT2D eigenvalue weighted by molar-refractivity contribution is 5.76. The summed E-state index contributed by atoms with van der Waals surface area (Å²) in [6.45, 7) is 4.91. The lowest BCUT2D eigenvalue weighted by molar-refractivity contribution is -0.143. The number of unbranched alkanes of at least 4 members (excludes halogenated alkanes) is 54. The minimum atomic E-state index is -0.839. The minimum Gasteiger partial charge on any atom is -0.466 e. The summed E-state index contributed by atoms with van der Waals surface area (Å²) in [7, 11) is 0. The van der Waals surface area contributed by atoms with Crippen molar-refractivity contribution >= 4 is 11.9 Å². The molecule has 0 aromatic heterocycles. The zero-order chi connectivity index (χ0) is 56.4. The number of aliphatic hydroxyl groups is 2. The molecule has 0 heterocycles. The lowest BCUT2D eigenvalue weighted by atomic mass is 10.0. The summed E-state index contributed by atoms with van der Waals surface area (Å²) < 4.78 is 5.50. The van der Waals surface area contributed by atoms with Crippen molar-refractivity contribution in [3.8, 4) is 0 Å². The highest BCUT2D eigenvalue weighted by atomic mass is 16.5. The van der Waals surface area contributed by atoms with E-state index in [0.29, 0.717) is 19.4 Å². The molecule has 6 heteroatoms. The van der Waals surface area contributed by atoms with Crippen LogP contribution in [0.4, 0.5) is 0 Å². The van der Waals surface area contributed by atoms with Crippen molar-refractivity contribution in [2.45, 2.75) is 411 Å². The minimum absolute atomic E-state index is 0.0247. The third-order valence-electron chi connectivity index (χ3n) is 16.7. The molecule has 0 rings (SSSR count). The van der Waals surface area contributed by atoms with Gasteiger partial charge in [-0.1, -0.05) is 353 Å². The van der Waals surface area contributed by atoms with Crippen LogP contribution < -0.4 is 5.32 Å². The number of carbonyl (C=O) groups is 2. The number of esters is 1. The zero-order valence-corrected chi connectivity index (χ0v) is 52.9. The van der Waals surface area contributed by atoms with E-state index in [1.165, 1.54) is 334 Å². The summed E-state index contributed by atoms with van der Waals surface area (Å²) in [5, 5.41) is 23.0. The lowest BCUT2D eigenvalue weighted by Crippen LogP contribution is -2.45. The van der Waals surface area contributed by atoms with Gasteiger partial charge in [0.1, 0.15) is 0 Å². The topological polar surface area (TPSA) is 95.9 Å². The smallest absolute Gasteiger partial charge is 0.305 e. The Kier molecular flexibility index (Phi) is 66.4. The van der Waals surface area contributed by atoms with Crippen LogP contribution in [0.25, 0.3) is 0 Å². The first-order chi connectivity index (χ1) is 38.5. The van der Waals surface area contributed by atoms with Crippen LogP contribution in [0, 0.1) is 0 Å². The molecule has 0 bridgehead atoms. The van der Waals surface area contributed by atoms with E-state index in [1.54, 1.807) is 6.08 Å². The van der Waals surface area contributed by atoms with E-state index in [-0.39, 0.29) is 18.5 Å². The molecule has 0 saturated carbocycles. The molecule has 0 aromatic carbocycles. The molecule has 3 N–H and O–H groups in total. The molecule has 0 aromatic rings. The number of hydrogen-bond acceptors (Lipinski definition) is 5. The molecule has 0 aliphatic rings. The predicted molar refractivity (Wildman–Crippen MR) is 343 cm³/mol. The van der Waals surface area contributed by atoms with Gasteiger partial charge in [0.2, 0.25) is 5.91 Å². The first kappa shape index (κ1) is 76.3. The Morgan fingerprint density at radius 2 is 0.603 bits per heavy atom. The van der Waals surface area contributed by atoms with Crippen molar-refractivity contribution in [3.05, 3.63) is 24.3 Å². The number of hydrogen-bond donors (Lipinski definition) is 3. The fourth-order valence-electron chi connectivity index (χ4n) is 11.3. The monoisotopic (exact) mass is 1100 g/mol. The molecule has 0 fully saturated rings. The molecule has 6 nitrogen and oxygen atoms in total. The Balaban J connectivity index is 3.30. The quantitative estimate of drug-likeness (QED) is 0.0320. The Morgan fingerprint density at radius 3 is 0.910 bits per heavy atom. The van der Waals surface area contributed by atoms with E-state index in [2.05, 4.69) is 31.3 Å². The summed E-state index contributed by atoms with van der Waals surface area (Å²) in [4.78, 5) is 24.5. The van der Waals surface area contributed by atoms with Gasteiger partial charge in [0.05, 0.1) is 25.4 Å². The molecule has 0 spiro atoms. The van der Waals surface area contributed by atoms with Gasteiger partial charge >= 0.3 is 5.97 Å². The van der Waals surface area contributed by atoms with Crippen LogP contribution in [0.3, 0.4) is 0 Å². The average Bonchev–Trinajstić information content (AvgIpc) is 3.44. The van der Waals surface area contributed by atoms with Gasteiger partial charge in [0.15, 0.2) is 0 Å². The molecule has 1 amide bonds. The van der Waals surface area contributed by atoms with Crippen molar-refractivity contribution < 1.29 is 24.5 Å². The molecular weight excluding hydrogens is 959 g/mol. The van der Waals surface area contributed by atoms with Crippen molar-refractivity contribution in [2.75, 3.05) is 13.2 Å². The van der Waals surface area contributed by atoms with Crippen LogP contribution in [-0.4, -0.2) is 47.4 Å². The summed E-state index contributed by atoms with van der Waals surface area (Å²) in [5.41, 5.74) is 0. The summed E-state index contributed by atoms with van der Waals surface area (Å²) in [5.74, 6) is -0.0405. The fourth-order valence-corrected chi connectivity index (χ4v) is 11.3. The van der Waals surface area contributed by atoms with Crippen LogP contribution in [0.5, 0.6) is 0 Å². The predicted octanol–water partition coefficient (Wildman–Crippen LogP) is 22.9. The Hall–Kier alpha value is -1.66. The van der Waals surface area contributed by atoms with Gasteiger partial charge < -0.3 is 20.3 Å². The number of nitrogens with one attached hydrogen (secondary N) is 1. The van der Waals surface area contributed by atoms with Crippen molar-refractivity contribution in [1.82, 2.24) is 5.32 Å². The van der Waals surface area contributed by atoms with Gasteiger partial charge in [0, 0.05) is 12.8 Å². The third kappa shape index (κ3) is 63.5. The van der Waals surface area contributed by atoms with Crippen LogP contribution >= 0.6 is 0 Å². The maximum absolute atomic E-state index is 12.4. The molecule has 0 radical (unpaired) electrons. The van der Waals surface area contributed by atoms with Crippen LogP contribution in [0.1, 0.15) is 399 Å². The highest BCUT2D eigenvalue weighted by Gasteiger charge is 2.18. The fraction of sp³-hybridized carbons (Fsp3) is 0.917. The Labute approximate surface area is 488 Å². The molecule has 0 saturated heterocycles. The number of ether oxygens (including phenoxy) is 1. The number of amides is 1. The van der Waals surface area contributed by atoms with E-state index >= 15 is 0 Å². The van der Waals surface area contributed by atoms with Crippen molar-refractivity contribution in [2.24, 2.45) is 0 Å². The second-order valence-corrected chi connectivity index (χ2v) is 24.6. The lowest BCUT2D eigenvalue weighted by Gasteiger charge is -2.20. The van der Waals surface area contributed by atoms with E-state index < -0.39 is 12.1 Å². The van der Waals surface area contributed by atoms with Gasteiger partial charge in [-0.3, -0.25) is 9.59 Å². The van der Waals surface area contributed by atoms with Gasteiger partial charge in [-0.15, -0.1) is 0 Å². The normalized spacial score (nSPS) is 12.6. The van der Waals surface area contributed by atoms with E-state index in [1.807, 2.05) is 6.08 Å². The number of aliphatic hydroxyl groups excluding tert-OH is 2. The number of allylic oxidation sites excluding steroid dienone is 3. The van der Waals surface area contributed by atoms with Crippen LogP contribution in [0.2, 0.25) is 0 Å². The number of rotatable bonds is 67. The van der Waals surface area contributed by atoms with E-state index in [4.69, 9.17) is 4.74 Å². The maximum Gasteiger partial charge on any atom is 0.305 e. The Morgan fingerprint density at radius 1 is 0.346 bits per heavy atom. The summed E-state index contributed by atoms with van der Waals surface area (Å²) >= 11 is 0. The van der Waals surface area contributed by atoms with Crippen molar-refractivity contribution in [3.63, 3.8) is 0 Å². The third-order valence-corrected chi connectivity index (χ3v) is 16.7. The summed E-state index contributed by atoms with van der Waals surface area (Å²) in [6.07, 6.45) is 85.8. The second kappa shape index (κ2) is 67.8. The molecule has 2 unspecified atom stereocenters. The molecule has 2 atom stereocenters. The van der Waals surface area contributed by atoms with Gasteiger partial charge in [0.25, 0.3) is 0 Å². The first-order valence-electron chi connectivity index (χ1n) is 35.6. The zero-order valence-electron chi connectivity index (χ0n) is 52.9. The molecular formula is C72H139NO5. The van der Waals surface area contributed by atoms with E-state index in [0.717, 1.165) is 38.5 Å². The summed E-state index contributed by atoms with van der Waals surface area (Å²) in [6, 6.07) is -0.622. The van der Waals surface area contributed by atoms with Crippen molar-refractivity contribution in [1.29, 1.82) is 0 Å². The van der Waals surface area contributed by atoms with Gasteiger partial charge in [-0.2, -0.15) is 0 Å². The SMILES string of the molecule is CCCCCCCCC/C=C/C(O)C(CO)NC(=O)CCCCCCCCCCCCCCCCCCC/C=C\CCCCCCCCCCCCCCCCCCOC(=O)CCCCCCCCCCCCCCCCC. The van der Waals surface area contributed by atoms with Gasteiger partial charge in [-0.25, -0.2) is 0 Å². The van der Waals surface area contributed by atoms with Crippen LogP contribution in [0.15, 0.2) is 24.3 Å². The highest BCUT2D eigenvalue weighted by Crippen LogP contribution is 2.19. The molecule has 78 heavy (non-hydrogen) atoms. The number of carbonyl (C=O) groups excluding carboxylic acids is 2. The standard InChI is InChI=1S/C72H139NO5/c1-3-5-7-9-11-13-14-15-39-43-46-50-54-58-62-66-72(77)78-67-63-59-55-51-47-44-41-38-36-34-32-30-28-26-24-22-20-18-16-17-19-21-23-25-27-29-31-33-35-37-40-42-45-49-53-57-61-65-71(76)73-69(68-74)70(75)64-60-56-52-48-12-10-8-6-4-2/h16,18,60,64,69-70,74-75H,3-15,17,19-59,61-63,65-68H2,1-2H3,(H,73,76)/b18-16-,64-60+.